The van der Waals surface area contributed by atoms with Crippen molar-refractivity contribution in [3.05, 3.63) is 65.4 Å². The molecule has 0 aliphatic rings. The molecule has 1 aromatic carbocycles. The minimum absolute atomic E-state index is 0.0229. The number of amides is 1. The van der Waals surface area contributed by atoms with Crippen LogP contribution in [0.4, 0.5) is 11.5 Å². The number of para-hydroxylation sites is 1. The second kappa shape index (κ2) is 9.22. The predicted molar refractivity (Wildman–Crippen MR) is 117 cm³/mol. The molecule has 0 unspecified atom stereocenters. The van der Waals surface area contributed by atoms with Crippen LogP contribution in [0, 0.1) is 11.3 Å². The molecule has 2 aromatic heterocycles. The molecule has 3 aromatic rings. The van der Waals surface area contributed by atoms with Crippen molar-refractivity contribution in [1.82, 2.24) is 9.29 Å². The van der Waals surface area contributed by atoms with Gasteiger partial charge in [0, 0.05) is 19.8 Å². The van der Waals surface area contributed by atoms with Crippen LogP contribution in [0.3, 0.4) is 0 Å². The highest BCUT2D eigenvalue weighted by molar-refractivity contribution is 7.98. The molecule has 11 heteroatoms. The number of carbonyl (C=O) groups is 1. The molecule has 0 bridgehead atoms. The van der Waals surface area contributed by atoms with Gasteiger partial charge in [0.05, 0.1) is 16.9 Å². The van der Waals surface area contributed by atoms with Crippen LogP contribution in [0.2, 0.25) is 0 Å². The highest BCUT2D eigenvalue weighted by Gasteiger charge is 2.22. The van der Waals surface area contributed by atoms with Gasteiger partial charge in [-0.1, -0.05) is 30.0 Å². The summed E-state index contributed by atoms with van der Waals surface area (Å²) in [6.07, 6.45) is 0. The quantitative estimate of drug-likeness (QED) is 0.516. The molecular formula is C20H19N5O4S2. The number of nitriles is 1. The van der Waals surface area contributed by atoms with Gasteiger partial charge in [-0.15, -0.1) is 0 Å². The second-order valence-electron chi connectivity index (χ2n) is 6.50. The highest BCUT2D eigenvalue weighted by atomic mass is 32.2. The van der Waals surface area contributed by atoms with E-state index in [1.54, 1.807) is 30.3 Å². The number of rotatable bonds is 7. The summed E-state index contributed by atoms with van der Waals surface area (Å²) in [5.41, 5.74) is 6.80. The Hall–Kier alpha value is -3.33. The minimum Gasteiger partial charge on any atom is -0.447 e. The van der Waals surface area contributed by atoms with Crippen LogP contribution in [-0.4, -0.2) is 37.7 Å². The van der Waals surface area contributed by atoms with Gasteiger partial charge in [-0.25, -0.2) is 17.7 Å². The zero-order chi connectivity index (χ0) is 22.6. The zero-order valence-electron chi connectivity index (χ0n) is 16.7. The number of thioether (sulfide) groups is 1. The van der Waals surface area contributed by atoms with Crippen molar-refractivity contribution in [1.29, 1.82) is 5.26 Å². The Kier molecular flexibility index (Phi) is 6.65. The van der Waals surface area contributed by atoms with Crippen LogP contribution in [0.15, 0.2) is 63.1 Å². The maximum Gasteiger partial charge on any atom is 0.275 e. The van der Waals surface area contributed by atoms with Gasteiger partial charge < -0.3 is 15.5 Å². The van der Waals surface area contributed by atoms with Crippen LogP contribution >= 0.6 is 11.8 Å². The van der Waals surface area contributed by atoms with E-state index >= 15 is 0 Å². The minimum atomic E-state index is -3.67. The molecule has 0 radical (unpaired) electrons. The summed E-state index contributed by atoms with van der Waals surface area (Å²) in [6, 6.07) is 15.1. The first-order valence-corrected chi connectivity index (χ1v) is 11.4. The molecule has 31 heavy (non-hydrogen) atoms. The van der Waals surface area contributed by atoms with E-state index in [0.29, 0.717) is 16.5 Å². The summed E-state index contributed by atoms with van der Waals surface area (Å²) in [4.78, 5) is 16.7. The van der Waals surface area contributed by atoms with Crippen LogP contribution in [-0.2, 0) is 15.8 Å². The van der Waals surface area contributed by atoms with E-state index in [1.807, 2.05) is 12.1 Å². The Morgan fingerprint density at radius 2 is 1.97 bits per heavy atom. The van der Waals surface area contributed by atoms with Crippen molar-refractivity contribution in [3.63, 3.8) is 0 Å². The molecule has 0 saturated carbocycles. The molecule has 0 aliphatic heterocycles. The van der Waals surface area contributed by atoms with E-state index in [-0.39, 0.29) is 27.8 Å². The monoisotopic (exact) mass is 457 g/mol. The average molecular weight is 458 g/mol. The summed E-state index contributed by atoms with van der Waals surface area (Å²) < 4.78 is 30.7. The summed E-state index contributed by atoms with van der Waals surface area (Å²) in [5, 5.41) is 12.3. The number of nitrogens with two attached hydrogens (primary N) is 1. The van der Waals surface area contributed by atoms with E-state index in [9.17, 15) is 18.5 Å². The number of nitrogens with zero attached hydrogens (tertiary/aromatic N) is 3. The number of hydrogen-bond acceptors (Lipinski definition) is 8. The maximum absolute atomic E-state index is 12.5. The maximum atomic E-state index is 12.5. The molecular weight excluding hydrogens is 438 g/mol. The molecule has 3 rings (SSSR count). The van der Waals surface area contributed by atoms with Crippen LogP contribution in [0.5, 0.6) is 0 Å². The Balaban J connectivity index is 1.77. The number of benzene rings is 1. The number of sulfonamides is 1. The summed E-state index contributed by atoms with van der Waals surface area (Å²) in [7, 11) is -0.854. The normalized spacial score (nSPS) is 11.3. The lowest BCUT2D eigenvalue weighted by Crippen LogP contribution is -2.21. The molecule has 1 amide bonds. The third-order valence-corrected chi connectivity index (χ3v) is 6.84. The van der Waals surface area contributed by atoms with E-state index in [0.717, 1.165) is 16.1 Å². The van der Waals surface area contributed by atoms with Gasteiger partial charge >= 0.3 is 0 Å². The fraction of sp³-hybridized carbons (Fsp3) is 0.150. The molecule has 0 saturated heterocycles. The number of aromatic nitrogens is 1. The number of furan rings is 1. The van der Waals surface area contributed by atoms with Crippen molar-refractivity contribution in [3.8, 4) is 6.07 Å². The topological polar surface area (TPSA) is 142 Å². The van der Waals surface area contributed by atoms with Crippen molar-refractivity contribution < 1.29 is 17.6 Å². The molecule has 0 spiro atoms. The summed E-state index contributed by atoms with van der Waals surface area (Å²) in [5.74, 6) is 0.110. The first-order chi connectivity index (χ1) is 14.7. The molecule has 0 aliphatic carbocycles. The van der Waals surface area contributed by atoms with Crippen molar-refractivity contribution in [2.45, 2.75) is 15.9 Å². The number of nitrogens with one attached hydrogen (secondary N) is 1. The van der Waals surface area contributed by atoms with Crippen molar-refractivity contribution in [2.75, 3.05) is 25.1 Å². The second-order valence-corrected chi connectivity index (χ2v) is 9.55. The predicted octanol–water partition coefficient (Wildman–Crippen LogP) is 2.92. The summed E-state index contributed by atoms with van der Waals surface area (Å²) in [6.45, 7) is 0. The lowest BCUT2D eigenvalue weighted by molar-refractivity contribution is 0.102. The van der Waals surface area contributed by atoms with Crippen LogP contribution in [0.1, 0.15) is 21.7 Å². The Morgan fingerprint density at radius 1 is 1.26 bits per heavy atom. The van der Waals surface area contributed by atoms with Gasteiger partial charge in [0.25, 0.3) is 15.9 Å². The van der Waals surface area contributed by atoms with Crippen molar-refractivity contribution in [2.24, 2.45) is 0 Å². The lowest BCUT2D eigenvalue weighted by atomic mass is 10.2. The number of hydrogen-bond donors (Lipinski definition) is 2. The van der Waals surface area contributed by atoms with Crippen molar-refractivity contribution >= 4 is 39.2 Å². The van der Waals surface area contributed by atoms with E-state index in [4.69, 9.17) is 10.2 Å². The molecule has 9 nitrogen and oxygen atoms in total. The van der Waals surface area contributed by atoms with E-state index in [2.05, 4.69) is 10.3 Å². The van der Waals surface area contributed by atoms with Crippen LogP contribution in [0.25, 0.3) is 0 Å². The van der Waals surface area contributed by atoms with Gasteiger partial charge in [-0.05, 0) is 30.3 Å². The highest BCUT2D eigenvalue weighted by Crippen LogP contribution is 2.29. The van der Waals surface area contributed by atoms with E-state index in [1.165, 1.54) is 26.2 Å². The van der Waals surface area contributed by atoms with Crippen LogP contribution < -0.4 is 11.1 Å². The lowest BCUT2D eigenvalue weighted by Gasteiger charge is -2.10. The first kappa shape index (κ1) is 22.4. The molecule has 2 heterocycles. The number of anilines is 2. The number of carbonyl (C=O) groups excluding carboxylic acids is 1. The number of nitrogen functional groups attached to an aromatic ring is 1. The molecule has 0 fully saturated rings. The van der Waals surface area contributed by atoms with Gasteiger partial charge in [0.15, 0.2) is 0 Å². The average Bonchev–Trinajstić information content (AvgIpc) is 3.22. The third-order valence-electron chi connectivity index (χ3n) is 4.14. The standard InChI is InChI=1S/C20H19N5O4S2/c1-25(2)31(27,28)17-9-8-15(29-17)12-30-20-13(11-21)10-16(18(22)24-20)19(26)23-14-6-4-3-5-7-14/h3-10H,12H2,1-2H3,(H2,22,24)(H,23,26). The SMILES string of the molecule is CN(C)S(=O)(=O)c1ccc(CSc2nc(N)c(C(=O)Nc3ccccc3)cc2C#N)o1. The fourth-order valence-corrected chi connectivity index (χ4v) is 4.17. The first-order valence-electron chi connectivity index (χ1n) is 8.93. The van der Waals surface area contributed by atoms with Gasteiger partial charge in [-0.3, -0.25) is 4.79 Å². The van der Waals surface area contributed by atoms with Gasteiger partial charge in [-0.2, -0.15) is 5.26 Å². The Bertz CT molecular complexity index is 1250. The summed E-state index contributed by atoms with van der Waals surface area (Å²) >= 11 is 1.15. The molecule has 160 valence electrons. The third kappa shape index (κ3) is 5.05. The number of pyridine rings is 1. The van der Waals surface area contributed by atoms with E-state index < -0.39 is 15.9 Å². The smallest absolute Gasteiger partial charge is 0.275 e. The zero-order valence-corrected chi connectivity index (χ0v) is 18.3. The Morgan fingerprint density at radius 3 is 2.61 bits per heavy atom. The van der Waals surface area contributed by atoms with Gasteiger partial charge in [0.1, 0.15) is 22.7 Å². The molecule has 3 N–H and O–H groups in total. The molecule has 0 atom stereocenters. The Labute approximate surface area is 183 Å². The largest absolute Gasteiger partial charge is 0.447 e. The van der Waals surface area contributed by atoms with Gasteiger partial charge in [0.2, 0.25) is 5.09 Å². The fourth-order valence-electron chi connectivity index (χ4n) is 2.50.